The quantitative estimate of drug-likeness (QED) is 0.765. The number of likely N-dealkylation sites (tertiary alicyclic amines) is 1. The first-order chi connectivity index (χ1) is 6.70. The number of aryl methyl sites for hydroxylation is 1. The van der Waals surface area contributed by atoms with Crippen LogP contribution in [0.25, 0.3) is 0 Å². The van der Waals surface area contributed by atoms with Crippen LogP contribution in [0, 0.1) is 12.8 Å². The van der Waals surface area contributed by atoms with Gasteiger partial charge >= 0.3 is 0 Å². The monoisotopic (exact) mass is 196 g/mol. The van der Waals surface area contributed by atoms with E-state index in [1.165, 1.54) is 0 Å². The van der Waals surface area contributed by atoms with E-state index in [0.29, 0.717) is 5.92 Å². The zero-order valence-electron chi connectivity index (χ0n) is 8.60. The molecule has 1 saturated heterocycles. The van der Waals surface area contributed by atoms with Gasteiger partial charge < -0.3 is 9.63 Å². The van der Waals surface area contributed by atoms with E-state index in [4.69, 9.17) is 9.63 Å². The number of hydrogen-bond donors (Lipinski definition) is 1. The normalized spacial score (nSPS) is 28.5. The fourth-order valence-corrected chi connectivity index (χ4v) is 2.11. The Balaban J connectivity index is 2.12. The third-order valence-electron chi connectivity index (χ3n) is 2.87. The van der Waals surface area contributed by atoms with Crippen LogP contribution in [0.2, 0.25) is 0 Å². The van der Waals surface area contributed by atoms with Crippen LogP contribution in [0.3, 0.4) is 0 Å². The van der Waals surface area contributed by atoms with Crippen molar-refractivity contribution in [2.75, 3.05) is 20.2 Å². The molecule has 0 spiro atoms. The van der Waals surface area contributed by atoms with E-state index < -0.39 is 0 Å². The number of nitrogens with zero attached hydrogens (tertiary/aromatic N) is 2. The van der Waals surface area contributed by atoms with Crippen molar-refractivity contribution < 1.29 is 9.63 Å². The highest BCUT2D eigenvalue weighted by atomic mass is 16.5. The third kappa shape index (κ3) is 1.67. The molecule has 2 rings (SSSR count). The van der Waals surface area contributed by atoms with Crippen LogP contribution in [-0.2, 0) is 0 Å². The number of aromatic nitrogens is 1. The molecule has 0 amide bonds. The molecular weight excluding hydrogens is 180 g/mol. The summed E-state index contributed by atoms with van der Waals surface area (Å²) in [5.74, 6) is 1.29. The minimum Gasteiger partial charge on any atom is -0.396 e. The summed E-state index contributed by atoms with van der Waals surface area (Å²) < 4.78 is 5.24. The molecule has 0 aromatic carbocycles. The Morgan fingerprint density at radius 2 is 2.50 bits per heavy atom. The molecule has 4 nitrogen and oxygen atoms in total. The summed E-state index contributed by atoms with van der Waals surface area (Å²) in [6.07, 6.45) is 0.960. The SMILES string of the molecule is Cc1cc([C@H]2C[C@H](CO)CN2C)on1. The second-order valence-corrected chi connectivity index (χ2v) is 4.11. The number of hydrogen-bond acceptors (Lipinski definition) is 4. The molecule has 1 N–H and O–H groups in total. The molecule has 0 bridgehead atoms. The Morgan fingerprint density at radius 3 is 3.00 bits per heavy atom. The van der Waals surface area contributed by atoms with Gasteiger partial charge in [0.2, 0.25) is 0 Å². The zero-order valence-corrected chi connectivity index (χ0v) is 8.60. The first kappa shape index (κ1) is 9.68. The molecule has 1 aromatic rings. The Morgan fingerprint density at radius 1 is 1.71 bits per heavy atom. The fraction of sp³-hybridized carbons (Fsp3) is 0.700. The van der Waals surface area contributed by atoms with Crippen LogP contribution < -0.4 is 0 Å². The van der Waals surface area contributed by atoms with E-state index in [1.807, 2.05) is 13.0 Å². The summed E-state index contributed by atoms with van der Waals surface area (Å²) in [5, 5.41) is 13.0. The van der Waals surface area contributed by atoms with Crippen LogP contribution >= 0.6 is 0 Å². The van der Waals surface area contributed by atoms with Crippen LogP contribution in [0.4, 0.5) is 0 Å². The molecule has 2 atom stereocenters. The second kappa shape index (κ2) is 3.71. The van der Waals surface area contributed by atoms with Gasteiger partial charge in [-0.3, -0.25) is 4.90 Å². The van der Waals surface area contributed by atoms with Crippen molar-refractivity contribution in [3.8, 4) is 0 Å². The maximum atomic E-state index is 9.08. The Bertz CT molecular complexity index is 311. The molecule has 4 heteroatoms. The maximum Gasteiger partial charge on any atom is 0.154 e. The van der Waals surface area contributed by atoms with E-state index in [1.54, 1.807) is 0 Å². The third-order valence-corrected chi connectivity index (χ3v) is 2.87. The Hall–Kier alpha value is -0.870. The van der Waals surface area contributed by atoms with Crippen LogP contribution in [0.1, 0.15) is 23.9 Å². The van der Waals surface area contributed by atoms with Crippen molar-refractivity contribution in [1.29, 1.82) is 0 Å². The molecular formula is C10H16N2O2. The first-order valence-corrected chi connectivity index (χ1v) is 4.95. The van der Waals surface area contributed by atoms with Gasteiger partial charge in [0.05, 0.1) is 11.7 Å². The van der Waals surface area contributed by atoms with Gasteiger partial charge in [0.25, 0.3) is 0 Å². The molecule has 0 unspecified atom stereocenters. The van der Waals surface area contributed by atoms with E-state index in [9.17, 15) is 0 Å². The van der Waals surface area contributed by atoms with Crippen molar-refractivity contribution in [2.24, 2.45) is 5.92 Å². The summed E-state index contributed by atoms with van der Waals surface area (Å²) in [7, 11) is 2.05. The predicted octanol–water partition coefficient (Wildman–Crippen LogP) is 0.968. The fourth-order valence-electron chi connectivity index (χ4n) is 2.11. The zero-order chi connectivity index (χ0) is 10.1. The van der Waals surface area contributed by atoms with Gasteiger partial charge in [0, 0.05) is 19.2 Å². The lowest BCUT2D eigenvalue weighted by Gasteiger charge is -2.15. The molecule has 1 aromatic heterocycles. The Kier molecular flexibility index (Phi) is 2.56. The summed E-state index contributed by atoms with van der Waals surface area (Å²) in [6, 6.07) is 2.26. The van der Waals surface area contributed by atoms with Crippen molar-refractivity contribution in [3.05, 3.63) is 17.5 Å². The van der Waals surface area contributed by atoms with Crippen LogP contribution in [0.5, 0.6) is 0 Å². The van der Waals surface area contributed by atoms with E-state index in [-0.39, 0.29) is 12.6 Å². The molecule has 0 radical (unpaired) electrons. The lowest BCUT2D eigenvalue weighted by molar-refractivity contribution is 0.226. The second-order valence-electron chi connectivity index (χ2n) is 4.11. The minimum absolute atomic E-state index is 0.258. The van der Waals surface area contributed by atoms with E-state index >= 15 is 0 Å². The molecule has 1 aliphatic heterocycles. The van der Waals surface area contributed by atoms with Gasteiger partial charge in [0.1, 0.15) is 0 Å². The first-order valence-electron chi connectivity index (χ1n) is 4.95. The molecule has 0 aliphatic carbocycles. The lowest BCUT2D eigenvalue weighted by Crippen LogP contribution is -2.18. The summed E-state index contributed by atoms with van der Waals surface area (Å²) in [5.41, 5.74) is 0.917. The topological polar surface area (TPSA) is 49.5 Å². The number of aliphatic hydroxyl groups excluding tert-OH is 1. The summed E-state index contributed by atoms with van der Waals surface area (Å²) >= 11 is 0. The van der Waals surface area contributed by atoms with Gasteiger partial charge in [-0.05, 0) is 26.3 Å². The largest absolute Gasteiger partial charge is 0.396 e. The van der Waals surface area contributed by atoms with Gasteiger partial charge in [-0.25, -0.2) is 0 Å². The average molecular weight is 196 g/mol. The Labute approximate surface area is 83.5 Å². The van der Waals surface area contributed by atoms with Crippen LogP contribution in [0.15, 0.2) is 10.6 Å². The molecule has 14 heavy (non-hydrogen) atoms. The van der Waals surface area contributed by atoms with E-state index in [2.05, 4.69) is 17.1 Å². The summed E-state index contributed by atoms with van der Waals surface area (Å²) in [6.45, 7) is 3.11. The average Bonchev–Trinajstić information content (AvgIpc) is 2.71. The van der Waals surface area contributed by atoms with Crippen molar-refractivity contribution in [3.63, 3.8) is 0 Å². The maximum absolute atomic E-state index is 9.08. The van der Waals surface area contributed by atoms with Gasteiger partial charge in [-0.2, -0.15) is 0 Å². The van der Waals surface area contributed by atoms with Crippen molar-refractivity contribution in [1.82, 2.24) is 10.1 Å². The van der Waals surface area contributed by atoms with Crippen LogP contribution in [-0.4, -0.2) is 35.4 Å². The minimum atomic E-state index is 0.258. The number of aliphatic hydroxyl groups is 1. The molecule has 1 fully saturated rings. The highest BCUT2D eigenvalue weighted by Crippen LogP contribution is 2.33. The van der Waals surface area contributed by atoms with Crippen molar-refractivity contribution in [2.45, 2.75) is 19.4 Å². The molecule has 1 aliphatic rings. The molecule has 78 valence electrons. The summed E-state index contributed by atoms with van der Waals surface area (Å²) in [4.78, 5) is 2.21. The predicted molar refractivity (Wildman–Crippen MR) is 51.8 cm³/mol. The van der Waals surface area contributed by atoms with Crippen molar-refractivity contribution >= 4 is 0 Å². The van der Waals surface area contributed by atoms with E-state index in [0.717, 1.165) is 24.4 Å². The smallest absolute Gasteiger partial charge is 0.154 e. The molecule has 0 saturated carbocycles. The van der Waals surface area contributed by atoms with Gasteiger partial charge in [0.15, 0.2) is 5.76 Å². The number of rotatable bonds is 2. The highest BCUT2D eigenvalue weighted by molar-refractivity contribution is 5.09. The molecule has 2 heterocycles. The van der Waals surface area contributed by atoms with Gasteiger partial charge in [-0.15, -0.1) is 0 Å². The van der Waals surface area contributed by atoms with Gasteiger partial charge in [-0.1, -0.05) is 5.16 Å². The highest BCUT2D eigenvalue weighted by Gasteiger charge is 2.32. The lowest BCUT2D eigenvalue weighted by atomic mass is 10.1. The standard InChI is InChI=1S/C10H16N2O2/c1-7-3-10(14-11-7)9-4-8(6-13)5-12(9)2/h3,8-9,13H,4-6H2,1-2H3/t8-,9+/m0/s1.